The minimum absolute atomic E-state index is 0.143. The Morgan fingerprint density at radius 2 is 2.12 bits per heavy atom. The van der Waals surface area contributed by atoms with Gasteiger partial charge < -0.3 is 31.2 Å². The molecule has 0 aromatic rings. The summed E-state index contributed by atoms with van der Waals surface area (Å²) in [4.78, 5) is 0. The minimum atomic E-state index is -0.814. The minimum Gasteiger partial charge on any atom is -0.395 e. The molecule has 96 valence electrons. The molecule has 0 amide bonds. The average Bonchev–Trinajstić information content (AvgIpc) is 2.28. The van der Waals surface area contributed by atoms with Crippen LogP contribution >= 0.6 is 0 Å². The van der Waals surface area contributed by atoms with Crippen LogP contribution in [0.1, 0.15) is 6.92 Å². The maximum Gasteiger partial charge on any atom is 0.175 e. The molecule has 0 saturated heterocycles. The van der Waals surface area contributed by atoms with Gasteiger partial charge in [-0.1, -0.05) is 6.08 Å². The molecule has 4 atom stereocenters. The van der Waals surface area contributed by atoms with Crippen molar-refractivity contribution in [3.8, 4) is 0 Å². The van der Waals surface area contributed by atoms with E-state index in [0.717, 1.165) is 0 Å². The fraction of sp³-hybridized carbons (Fsp3) is 0.800. The first-order valence-electron chi connectivity index (χ1n) is 5.19. The van der Waals surface area contributed by atoms with Crippen LogP contribution in [0.3, 0.4) is 0 Å². The number of rotatable bonds is 9. The van der Waals surface area contributed by atoms with Crippen LogP contribution in [0.5, 0.6) is 0 Å². The summed E-state index contributed by atoms with van der Waals surface area (Å²) in [5, 5.41) is 18.3. The van der Waals surface area contributed by atoms with E-state index in [9.17, 15) is 5.11 Å². The summed E-state index contributed by atoms with van der Waals surface area (Å²) in [5.74, 6) is 0. The first-order valence-corrected chi connectivity index (χ1v) is 5.19. The Bertz CT molecular complexity index is 190. The highest BCUT2D eigenvalue weighted by Crippen LogP contribution is 2.07. The SMILES string of the molecule is C=CCOC(OC(CN)C(C)O)C(N)CO. The van der Waals surface area contributed by atoms with Gasteiger partial charge in [0.2, 0.25) is 0 Å². The fourth-order valence-electron chi connectivity index (χ4n) is 1.05. The zero-order valence-corrected chi connectivity index (χ0v) is 9.58. The average molecular weight is 234 g/mol. The zero-order valence-electron chi connectivity index (χ0n) is 9.58. The van der Waals surface area contributed by atoms with Gasteiger partial charge in [-0.05, 0) is 6.92 Å². The van der Waals surface area contributed by atoms with Crippen LogP contribution in [-0.4, -0.2) is 54.5 Å². The molecule has 0 aliphatic heterocycles. The Labute approximate surface area is 95.8 Å². The van der Waals surface area contributed by atoms with Crippen molar-refractivity contribution in [3.05, 3.63) is 12.7 Å². The molecule has 6 nitrogen and oxygen atoms in total. The van der Waals surface area contributed by atoms with E-state index < -0.39 is 24.5 Å². The number of aliphatic hydroxyl groups is 2. The maximum atomic E-state index is 9.36. The summed E-state index contributed by atoms with van der Waals surface area (Å²) in [6.45, 7) is 5.17. The van der Waals surface area contributed by atoms with Gasteiger partial charge in [-0.3, -0.25) is 0 Å². The molecular formula is C10H22N2O4. The Hall–Kier alpha value is -0.500. The lowest BCUT2D eigenvalue weighted by Crippen LogP contribution is -2.47. The van der Waals surface area contributed by atoms with Gasteiger partial charge in [0.1, 0.15) is 0 Å². The van der Waals surface area contributed by atoms with Gasteiger partial charge in [0.15, 0.2) is 6.29 Å². The van der Waals surface area contributed by atoms with Gasteiger partial charge in [0, 0.05) is 6.54 Å². The van der Waals surface area contributed by atoms with E-state index in [1.807, 2.05) is 0 Å². The van der Waals surface area contributed by atoms with E-state index in [4.69, 9.17) is 26.0 Å². The molecule has 0 spiro atoms. The highest BCUT2D eigenvalue weighted by atomic mass is 16.7. The van der Waals surface area contributed by atoms with Gasteiger partial charge in [0.05, 0.1) is 31.5 Å². The van der Waals surface area contributed by atoms with Crippen molar-refractivity contribution in [3.63, 3.8) is 0 Å². The van der Waals surface area contributed by atoms with Crippen LogP contribution in [-0.2, 0) is 9.47 Å². The summed E-state index contributed by atoms with van der Waals surface area (Å²) in [5.41, 5.74) is 11.0. The Morgan fingerprint density at radius 3 is 2.50 bits per heavy atom. The summed E-state index contributed by atoms with van der Waals surface area (Å²) in [7, 11) is 0. The molecule has 4 unspecified atom stereocenters. The highest BCUT2D eigenvalue weighted by Gasteiger charge is 2.24. The highest BCUT2D eigenvalue weighted by molar-refractivity contribution is 4.73. The second-order valence-corrected chi connectivity index (χ2v) is 3.49. The Balaban J connectivity index is 4.32. The number of hydrogen-bond donors (Lipinski definition) is 4. The molecule has 0 aromatic heterocycles. The van der Waals surface area contributed by atoms with Crippen molar-refractivity contribution in [2.45, 2.75) is 31.5 Å². The quantitative estimate of drug-likeness (QED) is 0.287. The van der Waals surface area contributed by atoms with Gasteiger partial charge in [-0.25, -0.2) is 0 Å². The van der Waals surface area contributed by atoms with Crippen LogP contribution in [0, 0.1) is 0 Å². The van der Waals surface area contributed by atoms with E-state index in [1.54, 1.807) is 13.0 Å². The lowest BCUT2D eigenvalue weighted by atomic mass is 10.2. The number of ether oxygens (including phenoxy) is 2. The predicted octanol–water partition coefficient (Wildman–Crippen LogP) is -1.44. The van der Waals surface area contributed by atoms with E-state index in [-0.39, 0.29) is 19.8 Å². The van der Waals surface area contributed by atoms with E-state index in [2.05, 4.69) is 6.58 Å². The molecular weight excluding hydrogens is 212 g/mol. The number of hydrogen-bond acceptors (Lipinski definition) is 6. The van der Waals surface area contributed by atoms with Crippen LogP contribution in [0.2, 0.25) is 0 Å². The zero-order chi connectivity index (χ0) is 12.6. The summed E-state index contributed by atoms with van der Waals surface area (Å²) < 4.78 is 10.6. The molecule has 0 bridgehead atoms. The van der Waals surface area contributed by atoms with Crippen LogP contribution < -0.4 is 11.5 Å². The topological polar surface area (TPSA) is 111 Å². The third kappa shape index (κ3) is 5.55. The third-order valence-electron chi connectivity index (χ3n) is 2.02. The molecule has 0 fully saturated rings. The molecule has 6 heteroatoms. The van der Waals surface area contributed by atoms with Crippen molar-refractivity contribution in [1.29, 1.82) is 0 Å². The van der Waals surface area contributed by atoms with Crippen LogP contribution in [0.4, 0.5) is 0 Å². The lowest BCUT2D eigenvalue weighted by Gasteiger charge is -2.28. The van der Waals surface area contributed by atoms with Gasteiger partial charge >= 0.3 is 0 Å². The van der Waals surface area contributed by atoms with Crippen molar-refractivity contribution in [2.75, 3.05) is 19.8 Å². The van der Waals surface area contributed by atoms with E-state index in [0.29, 0.717) is 0 Å². The molecule has 0 aromatic carbocycles. The smallest absolute Gasteiger partial charge is 0.175 e. The summed E-state index contributed by atoms with van der Waals surface area (Å²) >= 11 is 0. The summed E-state index contributed by atoms with van der Waals surface area (Å²) in [6, 6.07) is -0.687. The van der Waals surface area contributed by atoms with E-state index >= 15 is 0 Å². The molecule has 6 N–H and O–H groups in total. The van der Waals surface area contributed by atoms with Crippen molar-refractivity contribution in [2.24, 2.45) is 11.5 Å². The molecule has 0 radical (unpaired) electrons. The second kappa shape index (κ2) is 8.63. The molecule has 0 rings (SSSR count). The standard InChI is InChI=1S/C10H22N2O4/c1-3-4-15-10(8(12)6-13)16-9(5-11)7(2)14/h3,7-10,13-14H,1,4-6,11-12H2,2H3. The number of aliphatic hydroxyl groups excluding tert-OH is 2. The normalized spacial score (nSPS) is 18.8. The summed E-state index contributed by atoms with van der Waals surface area (Å²) in [6.07, 6.45) is -0.579. The van der Waals surface area contributed by atoms with Crippen LogP contribution in [0.25, 0.3) is 0 Å². The molecule has 0 aliphatic carbocycles. The molecule has 0 saturated carbocycles. The molecule has 16 heavy (non-hydrogen) atoms. The third-order valence-corrected chi connectivity index (χ3v) is 2.02. The predicted molar refractivity (Wildman–Crippen MR) is 60.6 cm³/mol. The second-order valence-electron chi connectivity index (χ2n) is 3.49. The van der Waals surface area contributed by atoms with Gasteiger partial charge in [-0.2, -0.15) is 0 Å². The maximum absolute atomic E-state index is 9.36. The van der Waals surface area contributed by atoms with Crippen molar-refractivity contribution >= 4 is 0 Å². The first kappa shape index (κ1) is 15.5. The van der Waals surface area contributed by atoms with Crippen molar-refractivity contribution in [1.82, 2.24) is 0 Å². The Morgan fingerprint density at radius 1 is 1.50 bits per heavy atom. The largest absolute Gasteiger partial charge is 0.395 e. The fourth-order valence-corrected chi connectivity index (χ4v) is 1.05. The monoisotopic (exact) mass is 234 g/mol. The molecule has 0 aliphatic rings. The van der Waals surface area contributed by atoms with Gasteiger partial charge in [-0.15, -0.1) is 6.58 Å². The molecule has 0 heterocycles. The van der Waals surface area contributed by atoms with Crippen LogP contribution in [0.15, 0.2) is 12.7 Å². The lowest BCUT2D eigenvalue weighted by molar-refractivity contribution is -0.195. The number of nitrogens with two attached hydrogens (primary N) is 2. The first-order chi connectivity index (χ1) is 7.56. The van der Waals surface area contributed by atoms with E-state index in [1.165, 1.54) is 0 Å². The van der Waals surface area contributed by atoms with Gasteiger partial charge in [0.25, 0.3) is 0 Å². The van der Waals surface area contributed by atoms with Crippen molar-refractivity contribution < 1.29 is 19.7 Å². The Kier molecular flexibility index (Phi) is 8.36.